The van der Waals surface area contributed by atoms with E-state index in [9.17, 15) is 9.00 Å². The van der Waals surface area contributed by atoms with Crippen LogP contribution in [0.2, 0.25) is 0 Å². The van der Waals surface area contributed by atoms with Crippen molar-refractivity contribution in [1.29, 1.82) is 0 Å². The third-order valence-electron chi connectivity index (χ3n) is 2.51. The van der Waals surface area contributed by atoms with Crippen molar-refractivity contribution in [1.82, 2.24) is 0 Å². The average molecular weight is 218 g/mol. The Kier molecular flexibility index (Phi) is 4.28. The van der Waals surface area contributed by atoms with Crippen LogP contribution in [0.25, 0.3) is 0 Å². The molecule has 4 nitrogen and oxygen atoms in total. The minimum atomic E-state index is -2.53. The molecule has 1 atom stereocenters. The summed E-state index contributed by atoms with van der Waals surface area (Å²) in [5.74, 6) is -0.627. The summed E-state index contributed by atoms with van der Waals surface area (Å²) in [6, 6.07) is 0. The van der Waals surface area contributed by atoms with Gasteiger partial charge in [-0.05, 0) is 18.8 Å². The van der Waals surface area contributed by atoms with Crippen LogP contribution in [0.3, 0.4) is 0 Å². The van der Waals surface area contributed by atoms with E-state index in [1.54, 1.807) is 0 Å². The summed E-state index contributed by atoms with van der Waals surface area (Å²) >= 11 is -2.53. The quantitative estimate of drug-likeness (QED) is 0.579. The third-order valence-corrected chi connectivity index (χ3v) is 2.80. The standard InChI is InChI=1S/C9H14O4S/c1-7(9(10)13-14(11)12)8-5-3-2-4-6-8/h8H,1-6H2,(H,11,12). The summed E-state index contributed by atoms with van der Waals surface area (Å²) in [4.78, 5) is 11.2. The van der Waals surface area contributed by atoms with Crippen LogP contribution < -0.4 is 0 Å². The van der Waals surface area contributed by atoms with E-state index in [0.29, 0.717) is 5.57 Å². The Balaban J connectivity index is 2.46. The lowest BCUT2D eigenvalue weighted by molar-refractivity contribution is -0.130. The fourth-order valence-electron chi connectivity index (χ4n) is 1.74. The maximum absolute atomic E-state index is 11.2. The predicted molar refractivity (Wildman–Crippen MR) is 52.6 cm³/mol. The first kappa shape index (κ1) is 11.4. The van der Waals surface area contributed by atoms with E-state index in [-0.39, 0.29) is 5.92 Å². The highest BCUT2D eigenvalue weighted by Gasteiger charge is 2.23. The van der Waals surface area contributed by atoms with E-state index in [0.717, 1.165) is 25.7 Å². The molecule has 0 amide bonds. The van der Waals surface area contributed by atoms with Crippen molar-refractivity contribution in [3.63, 3.8) is 0 Å². The maximum atomic E-state index is 11.2. The summed E-state index contributed by atoms with van der Waals surface area (Å²) in [6.45, 7) is 3.61. The van der Waals surface area contributed by atoms with Gasteiger partial charge in [-0.1, -0.05) is 25.8 Å². The van der Waals surface area contributed by atoms with Gasteiger partial charge < -0.3 is 4.18 Å². The van der Waals surface area contributed by atoms with E-state index in [1.807, 2.05) is 0 Å². The van der Waals surface area contributed by atoms with Gasteiger partial charge in [-0.25, -0.2) is 4.79 Å². The van der Waals surface area contributed by atoms with Crippen molar-refractivity contribution in [2.75, 3.05) is 0 Å². The number of hydrogen-bond acceptors (Lipinski definition) is 3. The molecule has 1 rings (SSSR count). The van der Waals surface area contributed by atoms with E-state index in [2.05, 4.69) is 10.8 Å². The van der Waals surface area contributed by atoms with Gasteiger partial charge in [-0.2, -0.15) is 4.21 Å². The highest BCUT2D eigenvalue weighted by molar-refractivity contribution is 7.74. The Hall–Kier alpha value is -0.680. The summed E-state index contributed by atoms with van der Waals surface area (Å²) in [7, 11) is 0. The Morgan fingerprint density at radius 3 is 2.43 bits per heavy atom. The van der Waals surface area contributed by atoms with Gasteiger partial charge in [0.15, 0.2) is 0 Å². The van der Waals surface area contributed by atoms with Gasteiger partial charge in [0.25, 0.3) is 0 Å². The first-order valence-corrected chi connectivity index (χ1v) is 5.66. The normalized spacial score (nSPS) is 20.1. The molecule has 1 aliphatic rings. The lowest BCUT2D eigenvalue weighted by Crippen LogP contribution is -2.18. The summed E-state index contributed by atoms with van der Waals surface area (Å²) < 4.78 is 22.7. The van der Waals surface area contributed by atoms with Crippen molar-refractivity contribution in [2.24, 2.45) is 5.92 Å². The van der Waals surface area contributed by atoms with Crippen molar-refractivity contribution < 1.29 is 17.7 Å². The van der Waals surface area contributed by atoms with Crippen LogP contribution in [0.15, 0.2) is 12.2 Å². The van der Waals surface area contributed by atoms with Crippen molar-refractivity contribution >= 4 is 17.3 Å². The number of carbonyl (C=O) groups excluding carboxylic acids is 1. The van der Waals surface area contributed by atoms with Crippen LogP contribution >= 0.6 is 0 Å². The van der Waals surface area contributed by atoms with Crippen molar-refractivity contribution in [3.05, 3.63) is 12.2 Å². The second-order valence-electron chi connectivity index (χ2n) is 3.45. The molecule has 1 unspecified atom stereocenters. The first-order valence-electron chi connectivity index (χ1n) is 4.63. The van der Waals surface area contributed by atoms with Crippen molar-refractivity contribution in [3.8, 4) is 0 Å². The van der Waals surface area contributed by atoms with Crippen LogP contribution in [0.5, 0.6) is 0 Å². The van der Waals surface area contributed by atoms with Crippen LogP contribution in [0.1, 0.15) is 32.1 Å². The minimum absolute atomic E-state index is 0.125. The predicted octanol–water partition coefficient (Wildman–Crippen LogP) is 1.80. The highest BCUT2D eigenvalue weighted by Crippen LogP contribution is 2.29. The van der Waals surface area contributed by atoms with Gasteiger partial charge in [0.2, 0.25) is 0 Å². The Morgan fingerprint density at radius 2 is 1.93 bits per heavy atom. The Bertz CT molecular complexity index is 256. The lowest BCUT2D eigenvalue weighted by atomic mass is 9.84. The molecular formula is C9H14O4S. The summed E-state index contributed by atoms with van der Waals surface area (Å²) in [5.41, 5.74) is 0.326. The minimum Gasteiger partial charge on any atom is -0.339 e. The smallest absolute Gasteiger partial charge is 0.339 e. The number of hydrogen-bond donors (Lipinski definition) is 1. The molecule has 0 spiro atoms. The fraction of sp³-hybridized carbons (Fsp3) is 0.667. The molecule has 0 aliphatic heterocycles. The van der Waals surface area contributed by atoms with Crippen LogP contribution in [0, 0.1) is 5.92 Å². The zero-order chi connectivity index (χ0) is 10.6. The monoisotopic (exact) mass is 218 g/mol. The van der Waals surface area contributed by atoms with Gasteiger partial charge in [-0.3, -0.25) is 4.55 Å². The van der Waals surface area contributed by atoms with Crippen LogP contribution in [0.4, 0.5) is 0 Å². The zero-order valence-electron chi connectivity index (χ0n) is 7.90. The third kappa shape index (κ3) is 3.23. The van der Waals surface area contributed by atoms with Gasteiger partial charge in [0.05, 0.1) is 0 Å². The Labute approximate surface area is 85.8 Å². The molecule has 0 aromatic carbocycles. The van der Waals surface area contributed by atoms with E-state index >= 15 is 0 Å². The van der Waals surface area contributed by atoms with Gasteiger partial charge >= 0.3 is 17.3 Å². The summed E-state index contributed by atoms with van der Waals surface area (Å²) in [6.07, 6.45) is 5.20. The summed E-state index contributed by atoms with van der Waals surface area (Å²) in [5, 5.41) is 0. The van der Waals surface area contributed by atoms with E-state index in [4.69, 9.17) is 4.55 Å². The molecule has 1 N–H and O–H groups in total. The van der Waals surface area contributed by atoms with Gasteiger partial charge in [-0.15, -0.1) is 0 Å². The van der Waals surface area contributed by atoms with Crippen molar-refractivity contribution in [2.45, 2.75) is 32.1 Å². The molecule has 5 heteroatoms. The molecule has 0 saturated heterocycles. The van der Waals surface area contributed by atoms with Gasteiger partial charge in [0.1, 0.15) is 0 Å². The van der Waals surface area contributed by atoms with E-state index in [1.165, 1.54) is 6.42 Å². The lowest BCUT2D eigenvalue weighted by Gasteiger charge is -2.21. The molecular weight excluding hydrogens is 204 g/mol. The SMILES string of the molecule is C=C(C(=O)OS(=O)O)C1CCCCC1. The van der Waals surface area contributed by atoms with E-state index < -0.39 is 17.3 Å². The fourth-order valence-corrected chi connectivity index (χ4v) is 1.97. The van der Waals surface area contributed by atoms with Crippen LogP contribution in [-0.2, 0) is 20.3 Å². The molecule has 0 radical (unpaired) electrons. The molecule has 1 fully saturated rings. The topological polar surface area (TPSA) is 63.6 Å². The highest BCUT2D eigenvalue weighted by atomic mass is 32.2. The second-order valence-corrected chi connectivity index (χ2v) is 4.05. The molecule has 14 heavy (non-hydrogen) atoms. The zero-order valence-corrected chi connectivity index (χ0v) is 8.72. The molecule has 0 aromatic heterocycles. The van der Waals surface area contributed by atoms with Gasteiger partial charge in [0, 0.05) is 5.57 Å². The number of rotatable bonds is 3. The molecule has 0 bridgehead atoms. The largest absolute Gasteiger partial charge is 0.360 e. The molecule has 80 valence electrons. The molecule has 0 heterocycles. The van der Waals surface area contributed by atoms with Crippen LogP contribution in [-0.4, -0.2) is 14.7 Å². The molecule has 0 aromatic rings. The Morgan fingerprint density at radius 1 is 1.36 bits per heavy atom. The molecule has 1 saturated carbocycles. The number of carbonyl (C=O) groups is 1. The second kappa shape index (κ2) is 5.26. The average Bonchev–Trinajstić information content (AvgIpc) is 2.17. The molecule has 1 aliphatic carbocycles. The maximum Gasteiger partial charge on any atom is 0.360 e. The first-order chi connectivity index (χ1) is 6.61.